The molecule has 3 nitrogen and oxygen atoms in total. The van der Waals surface area contributed by atoms with Crippen molar-refractivity contribution >= 4 is 11.5 Å². The van der Waals surface area contributed by atoms with Gasteiger partial charge in [0.25, 0.3) is 0 Å². The number of hydrogen-bond donors (Lipinski definition) is 0. The zero-order valence-corrected chi connectivity index (χ0v) is 20.8. The fraction of sp³-hybridized carbons (Fsp3) is 0.516. The second kappa shape index (κ2) is 9.98. The highest BCUT2D eigenvalue weighted by atomic mass is 16.5. The second-order valence-electron chi connectivity index (χ2n) is 10.9. The van der Waals surface area contributed by atoms with E-state index in [4.69, 9.17) is 9.47 Å². The van der Waals surface area contributed by atoms with Crippen molar-refractivity contribution in [1.82, 2.24) is 0 Å². The molecular weight excluding hydrogens is 420 g/mol. The average molecular weight is 459 g/mol. The van der Waals surface area contributed by atoms with Gasteiger partial charge in [-0.15, -0.1) is 0 Å². The molecule has 0 aromatic heterocycles. The van der Waals surface area contributed by atoms with E-state index in [0.717, 1.165) is 74.8 Å². The van der Waals surface area contributed by atoms with Crippen molar-refractivity contribution in [2.45, 2.75) is 96.5 Å². The maximum absolute atomic E-state index is 12.9. The lowest BCUT2D eigenvalue weighted by atomic mass is 9.86. The third-order valence-electron chi connectivity index (χ3n) is 7.91. The molecule has 0 radical (unpaired) electrons. The molecule has 5 rings (SSSR count). The molecule has 0 bridgehead atoms. The number of carbonyl (C=O) groups is 1. The molecule has 1 aliphatic heterocycles. The number of esters is 1. The van der Waals surface area contributed by atoms with E-state index in [1.54, 1.807) is 0 Å². The fourth-order valence-electron chi connectivity index (χ4n) is 6.18. The number of rotatable bonds is 8. The lowest BCUT2D eigenvalue weighted by Gasteiger charge is -2.35. The van der Waals surface area contributed by atoms with Crippen LogP contribution in [0.4, 0.5) is 0 Å². The van der Waals surface area contributed by atoms with Gasteiger partial charge >= 0.3 is 5.97 Å². The highest BCUT2D eigenvalue weighted by molar-refractivity contribution is 5.84. The fourth-order valence-corrected chi connectivity index (χ4v) is 6.18. The van der Waals surface area contributed by atoms with Crippen LogP contribution in [0.15, 0.2) is 48.0 Å². The molecule has 2 aromatic carbocycles. The first-order valence-electron chi connectivity index (χ1n) is 13.3. The molecule has 1 saturated carbocycles. The predicted octanol–water partition coefficient (Wildman–Crippen LogP) is 7.85. The summed E-state index contributed by atoms with van der Waals surface area (Å²) in [6, 6.07) is 15.0. The van der Waals surface area contributed by atoms with E-state index in [0.29, 0.717) is 12.3 Å². The summed E-state index contributed by atoms with van der Waals surface area (Å²) in [5, 5.41) is 0. The number of benzene rings is 2. The Hall–Kier alpha value is -2.55. The average Bonchev–Trinajstić information content (AvgIpc) is 3.50. The van der Waals surface area contributed by atoms with E-state index < -0.39 is 0 Å². The van der Waals surface area contributed by atoms with Crippen molar-refractivity contribution in [1.29, 1.82) is 0 Å². The molecule has 0 atom stereocenters. The number of hydrogen-bond acceptors (Lipinski definition) is 3. The van der Waals surface area contributed by atoms with Crippen LogP contribution in [-0.4, -0.2) is 11.6 Å². The lowest BCUT2D eigenvalue weighted by molar-refractivity contribution is -0.135. The molecule has 1 fully saturated rings. The molecule has 180 valence electrons. The topological polar surface area (TPSA) is 35.5 Å². The van der Waals surface area contributed by atoms with Crippen LogP contribution in [0.3, 0.4) is 0 Å². The van der Waals surface area contributed by atoms with Crippen molar-refractivity contribution in [3.63, 3.8) is 0 Å². The molecule has 34 heavy (non-hydrogen) atoms. The van der Waals surface area contributed by atoms with Gasteiger partial charge in [-0.3, -0.25) is 4.79 Å². The highest BCUT2D eigenvalue weighted by Crippen LogP contribution is 2.52. The van der Waals surface area contributed by atoms with Crippen LogP contribution < -0.4 is 9.47 Å². The largest absolute Gasteiger partial charge is 0.483 e. The van der Waals surface area contributed by atoms with Crippen molar-refractivity contribution in [3.05, 3.63) is 64.7 Å². The molecule has 0 N–H and O–H groups in total. The molecule has 3 aliphatic rings. The summed E-state index contributed by atoms with van der Waals surface area (Å²) in [6.07, 6.45) is 12.9. The monoisotopic (exact) mass is 458 g/mol. The summed E-state index contributed by atoms with van der Waals surface area (Å²) in [4.78, 5) is 12.9. The van der Waals surface area contributed by atoms with E-state index in [-0.39, 0.29) is 11.6 Å². The Kier molecular flexibility index (Phi) is 6.81. The standard InChI is InChI=1S/C31H38O3/c1-31(2)26-18-10-17-25(26)30-27(33-29(32)21-23-14-7-8-15-23)19-24(20-28(30)34-31)16-9-6-13-22-11-4-3-5-12-22/h3-5,11-12,19-20,23H,6-10,13-18,21H2,1-2H3. The van der Waals surface area contributed by atoms with Crippen LogP contribution >= 0.6 is 0 Å². The van der Waals surface area contributed by atoms with E-state index >= 15 is 0 Å². The predicted molar refractivity (Wildman–Crippen MR) is 137 cm³/mol. The van der Waals surface area contributed by atoms with Gasteiger partial charge in [-0.25, -0.2) is 0 Å². The summed E-state index contributed by atoms with van der Waals surface area (Å²) < 4.78 is 12.7. The Morgan fingerprint density at radius 3 is 2.47 bits per heavy atom. The summed E-state index contributed by atoms with van der Waals surface area (Å²) in [5.41, 5.74) is 6.07. The third kappa shape index (κ3) is 5.09. The van der Waals surface area contributed by atoms with E-state index in [1.807, 2.05) is 0 Å². The van der Waals surface area contributed by atoms with Gasteiger partial charge in [0.1, 0.15) is 17.1 Å². The minimum atomic E-state index is -0.296. The Bertz CT molecular complexity index is 1060. The number of unbranched alkanes of at least 4 members (excludes halogenated alkanes) is 1. The molecule has 0 saturated heterocycles. The minimum absolute atomic E-state index is 0.0830. The van der Waals surface area contributed by atoms with Crippen molar-refractivity contribution in [3.8, 4) is 11.5 Å². The molecule has 2 aliphatic carbocycles. The van der Waals surface area contributed by atoms with Gasteiger partial charge in [-0.05, 0) is 112 Å². The molecule has 0 unspecified atom stereocenters. The first kappa shape index (κ1) is 23.2. The van der Waals surface area contributed by atoms with Gasteiger partial charge in [0, 0.05) is 6.42 Å². The number of aryl methyl sites for hydroxylation is 2. The first-order valence-corrected chi connectivity index (χ1v) is 13.3. The highest BCUT2D eigenvalue weighted by Gasteiger charge is 2.39. The number of fused-ring (bicyclic) bond motifs is 2. The Morgan fingerprint density at radius 2 is 1.71 bits per heavy atom. The van der Waals surface area contributed by atoms with Crippen LogP contribution in [0.25, 0.3) is 5.57 Å². The Labute approximate surface area is 204 Å². The van der Waals surface area contributed by atoms with Gasteiger partial charge < -0.3 is 9.47 Å². The van der Waals surface area contributed by atoms with Crippen LogP contribution in [0.1, 0.15) is 94.7 Å². The summed E-state index contributed by atoms with van der Waals surface area (Å²) in [6.45, 7) is 4.35. The second-order valence-corrected chi connectivity index (χ2v) is 10.9. The van der Waals surface area contributed by atoms with Crippen LogP contribution in [0.2, 0.25) is 0 Å². The van der Waals surface area contributed by atoms with Gasteiger partial charge in [-0.1, -0.05) is 43.2 Å². The van der Waals surface area contributed by atoms with E-state index in [9.17, 15) is 4.79 Å². The van der Waals surface area contributed by atoms with Gasteiger partial charge in [-0.2, -0.15) is 0 Å². The summed E-state index contributed by atoms with van der Waals surface area (Å²) in [5.74, 6) is 2.03. The minimum Gasteiger partial charge on any atom is -0.483 e. The van der Waals surface area contributed by atoms with E-state index in [1.165, 1.54) is 35.1 Å². The third-order valence-corrected chi connectivity index (χ3v) is 7.91. The summed E-state index contributed by atoms with van der Waals surface area (Å²) in [7, 11) is 0. The zero-order valence-electron chi connectivity index (χ0n) is 20.8. The summed E-state index contributed by atoms with van der Waals surface area (Å²) >= 11 is 0. The van der Waals surface area contributed by atoms with Crippen LogP contribution in [0.5, 0.6) is 11.5 Å². The van der Waals surface area contributed by atoms with Crippen molar-refractivity contribution in [2.75, 3.05) is 0 Å². The number of ether oxygens (including phenoxy) is 2. The van der Waals surface area contributed by atoms with Gasteiger partial charge in [0.2, 0.25) is 0 Å². The SMILES string of the molecule is CC1(C)Oc2cc(CCCCc3ccccc3)cc(OC(=O)CC3CCCC3)c2C2=C1CCC2. The van der Waals surface area contributed by atoms with Crippen LogP contribution in [0, 0.1) is 5.92 Å². The zero-order chi connectivity index (χ0) is 23.5. The molecular formula is C31H38O3. The molecule has 2 aromatic rings. The Morgan fingerprint density at radius 1 is 0.971 bits per heavy atom. The molecule has 1 heterocycles. The number of allylic oxidation sites excluding steroid dienone is 1. The normalized spacial score (nSPS) is 19.0. The van der Waals surface area contributed by atoms with Gasteiger partial charge in [0.05, 0.1) is 5.56 Å². The molecule has 3 heteroatoms. The lowest BCUT2D eigenvalue weighted by Crippen LogP contribution is -2.33. The van der Waals surface area contributed by atoms with Crippen LogP contribution in [-0.2, 0) is 17.6 Å². The molecule has 0 amide bonds. The Balaban J connectivity index is 1.36. The maximum atomic E-state index is 12.9. The van der Waals surface area contributed by atoms with Crippen molar-refractivity contribution < 1.29 is 14.3 Å². The quantitative estimate of drug-likeness (QED) is 0.229. The van der Waals surface area contributed by atoms with Crippen molar-refractivity contribution in [2.24, 2.45) is 5.92 Å². The first-order chi connectivity index (χ1) is 16.5. The van der Waals surface area contributed by atoms with Gasteiger partial charge in [0.15, 0.2) is 0 Å². The molecule has 0 spiro atoms. The van der Waals surface area contributed by atoms with E-state index in [2.05, 4.69) is 56.3 Å². The smallest absolute Gasteiger partial charge is 0.311 e. The number of carbonyl (C=O) groups excluding carboxylic acids is 1. The maximum Gasteiger partial charge on any atom is 0.311 e.